The van der Waals surface area contributed by atoms with Gasteiger partial charge in [-0.05, 0) is 38.3 Å². The first-order valence-electron chi connectivity index (χ1n) is 7.33. The van der Waals surface area contributed by atoms with Gasteiger partial charge < -0.3 is 15.2 Å². The van der Waals surface area contributed by atoms with E-state index in [4.69, 9.17) is 0 Å². The van der Waals surface area contributed by atoms with Gasteiger partial charge in [0.05, 0.1) is 6.04 Å². The molecule has 2 amide bonds. The van der Waals surface area contributed by atoms with Gasteiger partial charge in [-0.2, -0.15) is 0 Å². The molecule has 0 bridgehead atoms. The molecule has 1 aromatic heterocycles. The summed E-state index contributed by atoms with van der Waals surface area (Å²) >= 11 is 0. The molecule has 1 saturated carbocycles. The van der Waals surface area contributed by atoms with Crippen LogP contribution in [0.25, 0.3) is 0 Å². The molecule has 108 valence electrons. The molecule has 0 unspecified atom stereocenters. The summed E-state index contributed by atoms with van der Waals surface area (Å²) in [6, 6.07) is 2.25. The van der Waals surface area contributed by atoms with E-state index in [-0.39, 0.29) is 30.4 Å². The van der Waals surface area contributed by atoms with E-state index in [0.717, 1.165) is 36.9 Å². The van der Waals surface area contributed by atoms with E-state index in [0.29, 0.717) is 5.69 Å². The second-order valence-corrected chi connectivity index (χ2v) is 5.97. The van der Waals surface area contributed by atoms with Crippen LogP contribution in [0.4, 0.5) is 0 Å². The maximum Gasteiger partial charge on any atom is 0.271 e. The fraction of sp³-hybridized carbons (Fsp3) is 0.600. The minimum Gasteiger partial charge on any atom is -0.354 e. The van der Waals surface area contributed by atoms with Gasteiger partial charge in [-0.1, -0.05) is 12.8 Å². The molecule has 2 fully saturated rings. The Balaban J connectivity index is 1.88. The van der Waals surface area contributed by atoms with E-state index in [1.165, 1.54) is 0 Å². The lowest BCUT2D eigenvalue weighted by Gasteiger charge is -2.43. The standard InChI is InChI=1S/C15H21N3O2/c1-9-7-10(2)16-14(9)15(20)18-8-13(19)17-11-5-3-4-6-12(11)18/h7,11-12,16H,3-6,8H2,1-2H3,(H,17,19)/t11-,12+/m0/s1. The SMILES string of the molecule is Cc1cc(C)c(C(=O)N2CC(=O)N[C@H]3CCCC[C@H]32)[nH]1. The topological polar surface area (TPSA) is 65.2 Å². The number of amides is 2. The van der Waals surface area contributed by atoms with Crippen LogP contribution in [-0.2, 0) is 4.79 Å². The number of piperazine rings is 1. The molecule has 0 radical (unpaired) electrons. The van der Waals surface area contributed by atoms with Crippen molar-refractivity contribution in [1.29, 1.82) is 0 Å². The largest absolute Gasteiger partial charge is 0.354 e. The molecule has 2 atom stereocenters. The number of aryl methyl sites for hydroxylation is 2. The van der Waals surface area contributed by atoms with Gasteiger partial charge in [-0.15, -0.1) is 0 Å². The first-order valence-corrected chi connectivity index (χ1v) is 7.33. The third kappa shape index (κ3) is 2.21. The number of carbonyl (C=O) groups excluding carboxylic acids is 2. The highest BCUT2D eigenvalue weighted by Crippen LogP contribution is 2.27. The Morgan fingerprint density at radius 2 is 2.05 bits per heavy atom. The van der Waals surface area contributed by atoms with Crippen LogP contribution < -0.4 is 5.32 Å². The summed E-state index contributed by atoms with van der Waals surface area (Å²) < 4.78 is 0. The summed E-state index contributed by atoms with van der Waals surface area (Å²) in [6.07, 6.45) is 4.21. The predicted molar refractivity (Wildman–Crippen MR) is 75.5 cm³/mol. The third-order valence-electron chi connectivity index (χ3n) is 4.41. The van der Waals surface area contributed by atoms with Gasteiger partial charge in [0.25, 0.3) is 5.91 Å². The lowest BCUT2D eigenvalue weighted by molar-refractivity contribution is -0.127. The van der Waals surface area contributed by atoms with E-state index < -0.39 is 0 Å². The van der Waals surface area contributed by atoms with Crippen molar-refractivity contribution in [3.05, 3.63) is 23.0 Å². The van der Waals surface area contributed by atoms with Crippen LogP contribution in [0.5, 0.6) is 0 Å². The second kappa shape index (κ2) is 4.96. The zero-order valence-electron chi connectivity index (χ0n) is 12.0. The van der Waals surface area contributed by atoms with Crippen LogP contribution in [0.3, 0.4) is 0 Å². The van der Waals surface area contributed by atoms with Gasteiger partial charge in [-0.3, -0.25) is 9.59 Å². The smallest absolute Gasteiger partial charge is 0.271 e. The molecule has 1 aliphatic carbocycles. The minimum atomic E-state index is -0.0395. The maximum atomic E-state index is 12.7. The fourth-order valence-corrected chi connectivity index (χ4v) is 3.49. The molecule has 0 spiro atoms. The Kier molecular flexibility index (Phi) is 3.28. The normalized spacial score (nSPS) is 26.1. The van der Waals surface area contributed by atoms with Crippen molar-refractivity contribution in [1.82, 2.24) is 15.2 Å². The van der Waals surface area contributed by atoms with Crippen LogP contribution in [0, 0.1) is 13.8 Å². The van der Waals surface area contributed by atoms with Crippen LogP contribution in [0.15, 0.2) is 6.07 Å². The summed E-state index contributed by atoms with van der Waals surface area (Å²) in [5, 5.41) is 3.03. The number of hydrogen-bond acceptors (Lipinski definition) is 2. The molecule has 2 heterocycles. The van der Waals surface area contributed by atoms with Crippen molar-refractivity contribution in [3.8, 4) is 0 Å². The maximum absolute atomic E-state index is 12.7. The molecule has 5 heteroatoms. The van der Waals surface area contributed by atoms with Crippen LogP contribution in [-0.4, -0.2) is 40.3 Å². The molecule has 1 saturated heterocycles. The monoisotopic (exact) mass is 275 g/mol. The zero-order valence-corrected chi connectivity index (χ0v) is 12.0. The van der Waals surface area contributed by atoms with Crippen LogP contribution in [0.2, 0.25) is 0 Å². The molecule has 3 rings (SSSR count). The van der Waals surface area contributed by atoms with Gasteiger partial charge in [0, 0.05) is 11.7 Å². The third-order valence-corrected chi connectivity index (χ3v) is 4.41. The number of aromatic amines is 1. The summed E-state index contributed by atoms with van der Waals surface area (Å²) in [6.45, 7) is 4.05. The molecule has 5 nitrogen and oxygen atoms in total. The Morgan fingerprint density at radius 1 is 1.30 bits per heavy atom. The number of nitrogens with zero attached hydrogens (tertiary/aromatic N) is 1. The lowest BCUT2D eigenvalue weighted by atomic mass is 9.87. The Labute approximate surface area is 118 Å². The van der Waals surface area contributed by atoms with Crippen molar-refractivity contribution in [3.63, 3.8) is 0 Å². The summed E-state index contributed by atoms with van der Waals surface area (Å²) in [5.74, 6) is -0.0789. The summed E-state index contributed by atoms with van der Waals surface area (Å²) in [7, 11) is 0. The molecule has 2 N–H and O–H groups in total. The number of carbonyl (C=O) groups is 2. The number of nitrogens with one attached hydrogen (secondary N) is 2. The lowest BCUT2D eigenvalue weighted by Crippen LogP contribution is -2.63. The van der Waals surface area contributed by atoms with Gasteiger partial charge >= 0.3 is 0 Å². The number of aromatic nitrogens is 1. The highest BCUT2D eigenvalue weighted by molar-refractivity contribution is 5.97. The molecule has 20 heavy (non-hydrogen) atoms. The van der Waals surface area contributed by atoms with E-state index in [1.54, 1.807) is 4.90 Å². The van der Waals surface area contributed by atoms with Crippen LogP contribution >= 0.6 is 0 Å². The second-order valence-electron chi connectivity index (χ2n) is 5.97. The molecule has 1 aromatic rings. The average molecular weight is 275 g/mol. The van der Waals surface area contributed by atoms with Crippen molar-refractivity contribution < 1.29 is 9.59 Å². The van der Waals surface area contributed by atoms with E-state index >= 15 is 0 Å². The molecule has 0 aromatic carbocycles. The molecule has 1 aliphatic heterocycles. The zero-order chi connectivity index (χ0) is 14.3. The molecule has 2 aliphatic rings. The van der Waals surface area contributed by atoms with Crippen molar-refractivity contribution in [2.75, 3.05) is 6.54 Å². The minimum absolute atomic E-state index is 0.0394. The number of H-pyrrole nitrogens is 1. The van der Waals surface area contributed by atoms with E-state index in [1.807, 2.05) is 19.9 Å². The first-order chi connectivity index (χ1) is 9.56. The van der Waals surface area contributed by atoms with Gasteiger partial charge in [0.2, 0.25) is 5.91 Å². The number of hydrogen-bond donors (Lipinski definition) is 2. The Morgan fingerprint density at radius 3 is 2.75 bits per heavy atom. The van der Waals surface area contributed by atoms with E-state index in [2.05, 4.69) is 10.3 Å². The van der Waals surface area contributed by atoms with Crippen LogP contribution in [0.1, 0.15) is 47.4 Å². The van der Waals surface area contributed by atoms with Gasteiger partial charge in [0.15, 0.2) is 0 Å². The van der Waals surface area contributed by atoms with E-state index in [9.17, 15) is 9.59 Å². The molecular formula is C15H21N3O2. The Bertz CT molecular complexity index is 549. The fourth-order valence-electron chi connectivity index (χ4n) is 3.49. The highest BCUT2D eigenvalue weighted by atomic mass is 16.2. The van der Waals surface area contributed by atoms with Crippen molar-refractivity contribution >= 4 is 11.8 Å². The van der Waals surface area contributed by atoms with Crippen molar-refractivity contribution in [2.45, 2.75) is 51.6 Å². The quantitative estimate of drug-likeness (QED) is 0.816. The highest BCUT2D eigenvalue weighted by Gasteiger charge is 2.39. The summed E-state index contributed by atoms with van der Waals surface area (Å²) in [5.41, 5.74) is 2.56. The van der Waals surface area contributed by atoms with Gasteiger partial charge in [0.1, 0.15) is 12.2 Å². The Hall–Kier alpha value is -1.78. The van der Waals surface area contributed by atoms with Crippen molar-refractivity contribution in [2.24, 2.45) is 0 Å². The average Bonchev–Trinajstić information content (AvgIpc) is 2.76. The number of fused-ring (bicyclic) bond motifs is 1. The first kappa shape index (κ1) is 13.2. The molecular weight excluding hydrogens is 254 g/mol. The van der Waals surface area contributed by atoms with Gasteiger partial charge in [-0.25, -0.2) is 0 Å². The number of rotatable bonds is 1. The predicted octanol–water partition coefficient (Wildman–Crippen LogP) is 1.51. The summed E-state index contributed by atoms with van der Waals surface area (Å²) in [4.78, 5) is 29.5.